The summed E-state index contributed by atoms with van der Waals surface area (Å²) in [7, 11) is 0. The van der Waals surface area contributed by atoms with E-state index in [1.807, 2.05) is 24.3 Å². The Hall–Kier alpha value is -1.89. The van der Waals surface area contributed by atoms with Crippen LogP contribution in [0.15, 0.2) is 24.3 Å². The summed E-state index contributed by atoms with van der Waals surface area (Å²) < 4.78 is 0. The molecule has 1 aromatic carbocycles. The molecule has 2 N–H and O–H groups in total. The molecular weight excluding hydrogens is 286 g/mol. The van der Waals surface area contributed by atoms with Crippen molar-refractivity contribution in [3.63, 3.8) is 0 Å². The molecule has 1 aliphatic carbocycles. The number of hydrogen-bond donors (Lipinski definition) is 2. The lowest BCUT2D eigenvalue weighted by molar-refractivity contribution is -0.118. The maximum atomic E-state index is 11.8. The summed E-state index contributed by atoms with van der Waals surface area (Å²) in [5.41, 5.74) is 1.91. The number of carbonyl (C=O) groups is 1. The van der Waals surface area contributed by atoms with E-state index in [0.29, 0.717) is 18.1 Å². The highest BCUT2D eigenvalue weighted by atomic mass is 32.2. The third-order valence-corrected chi connectivity index (χ3v) is 4.48. The van der Waals surface area contributed by atoms with Crippen molar-refractivity contribution in [1.29, 1.82) is 0 Å². The fourth-order valence-corrected chi connectivity index (χ4v) is 3.03. The summed E-state index contributed by atoms with van der Waals surface area (Å²) in [6.07, 6.45) is 2.66. The molecule has 1 amide bonds. The van der Waals surface area contributed by atoms with Crippen LogP contribution < -0.4 is 5.32 Å². The van der Waals surface area contributed by atoms with Crippen LogP contribution in [0, 0.1) is 5.92 Å². The maximum Gasteiger partial charge on any atom is 0.230 e. The van der Waals surface area contributed by atoms with Crippen LogP contribution in [-0.2, 0) is 11.3 Å². The minimum atomic E-state index is 0.0885. The van der Waals surface area contributed by atoms with Crippen molar-refractivity contribution in [1.82, 2.24) is 25.9 Å². The number of rotatable bonds is 7. The molecule has 0 bridgehead atoms. The number of tetrazole rings is 1. The predicted octanol–water partition coefficient (Wildman–Crippen LogP) is 1.63. The van der Waals surface area contributed by atoms with E-state index in [1.54, 1.807) is 11.8 Å². The summed E-state index contributed by atoms with van der Waals surface area (Å²) in [4.78, 5) is 11.8. The SMILES string of the molecule is O=C(CSCC1CC1)NCc1cccc(-c2nn[nH]n2)c1. The molecule has 2 aromatic rings. The molecule has 21 heavy (non-hydrogen) atoms. The normalized spacial score (nSPS) is 14.1. The van der Waals surface area contributed by atoms with Gasteiger partial charge in [0.05, 0.1) is 5.75 Å². The average molecular weight is 303 g/mol. The Labute approximate surface area is 127 Å². The van der Waals surface area contributed by atoms with Gasteiger partial charge in [0.2, 0.25) is 11.7 Å². The quantitative estimate of drug-likeness (QED) is 0.812. The summed E-state index contributed by atoms with van der Waals surface area (Å²) in [5.74, 6) is 3.16. The van der Waals surface area contributed by atoms with Crippen molar-refractivity contribution >= 4 is 17.7 Å². The molecule has 0 saturated heterocycles. The van der Waals surface area contributed by atoms with Crippen molar-refractivity contribution in [3.8, 4) is 11.4 Å². The van der Waals surface area contributed by atoms with Crippen LogP contribution in [0.3, 0.4) is 0 Å². The van der Waals surface area contributed by atoms with Crippen LogP contribution in [0.2, 0.25) is 0 Å². The smallest absolute Gasteiger partial charge is 0.230 e. The molecule has 110 valence electrons. The molecule has 1 aliphatic rings. The summed E-state index contributed by atoms with van der Waals surface area (Å²) in [5, 5.41) is 16.8. The largest absolute Gasteiger partial charge is 0.351 e. The number of nitrogens with zero attached hydrogens (tertiary/aromatic N) is 3. The highest BCUT2D eigenvalue weighted by molar-refractivity contribution is 7.99. The number of carbonyl (C=O) groups excluding carboxylic acids is 1. The van der Waals surface area contributed by atoms with Crippen LogP contribution in [0.25, 0.3) is 11.4 Å². The van der Waals surface area contributed by atoms with Gasteiger partial charge in [0, 0.05) is 12.1 Å². The number of thioether (sulfide) groups is 1. The van der Waals surface area contributed by atoms with Gasteiger partial charge in [-0.1, -0.05) is 18.2 Å². The molecule has 0 atom stereocenters. The second-order valence-electron chi connectivity index (χ2n) is 5.17. The zero-order chi connectivity index (χ0) is 14.5. The topological polar surface area (TPSA) is 83.6 Å². The third kappa shape index (κ3) is 4.29. The number of aromatic amines is 1. The van der Waals surface area contributed by atoms with E-state index < -0.39 is 0 Å². The van der Waals surface area contributed by atoms with E-state index in [1.165, 1.54) is 12.8 Å². The first-order chi connectivity index (χ1) is 10.3. The van der Waals surface area contributed by atoms with E-state index >= 15 is 0 Å². The van der Waals surface area contributed by atoms with Gasteiger partial charge in [-0.05, 0) is 41.4 Å². The van der Waals surface area contributed by atoms with E-state index in [0.717, 1.165) is 22.8 Å². The molecule has 0 aliphatic heterocycles. The Morgan fingerprint density at radius 3 is 3.10 bits per heavy atom. The second kappa shape index (κ2) is 6.71. The number of benzene rings is 1. The minimum Gasteiger partial charge on any atom is -0.351 e. The zero-order valence-electron chi connectivity index (χ0n) is 11.6. The summed E-state index contributed by atoms with van der Waals surface area (Å²) in [6, 6.07) is 7.78. The lowest BCUT2D eigenvalue weighted by Gasteiger charge is -2.06. The van der Waals surface area contributed by atoms with E-state index in [4.69, 9.17) is 0 Å². The van der Waals surface area contributed by atoms with Crippen LogP contribution in [0.5, 0.6) is 0 Å². The van der Waals surface area contributed by atoms with Gasteiger partial charge in [-0.3, -0.25) is 4.79 Å². The molecule has 6 nitrogen and oxygen atoms in total. The van der Waals surface area contributed by atoms with Crippen molar-refractivity contribution in [3.05, 3.63) is 29.8 Å². The Bertz CT molecular complexity index is 597. The van der Waals surface area contributed by atoms with Crippen molar-refractivity contribution < 1.29 is 4.79 Å². The fraction of sp³-hybridized carbons (Fsp3) is 0.429. The Balaban J connectivity index is 1.48. The predicted molar refractivity (Wildman–Crippen MR) is 81.5 cm³/mol. The number of H-pyrrole nitrogens is 1. The molecule has 0 unspecified atom stereocenters. The first-order valence-corrected chi connectivity index (χ1v) is 8.14. The Morgan fingerprint density at radius 2 is 2.33 bits per heavy atom. The van der Waals surface area contributed by atoms with Crippen molar-refractivity contribution in [2.45, 2.75) is 19.4 Å². The van der Waals surface area contributed by atoms with Gasteiger partial charge >= 0.3 is 0 Å². The lowest BCUT2D eigenvalue weighted by Crippen LogP contribution is -2.24. The molecule has 1 aromatic heterocycles. The van der Waals surface area contributed by atoms with Gasteiger partial charge in [-0.2, -0.15) is 17.0 Å². The molecule has 3 rings (SSSR count). The number of amides is 1. The van der Waals surface area contributed by atoms with E-state index in [2.05, 4.69) is 25.9 Å². The zero-order valence-corrected chi connectivity index (χ0v) is 12.4. The van der Waals surface area contributed by atoms with E-state index in [9.17, 15) is 4.79 Å². The molecular formula is C14H17N5OS. The monoisotopic (exact) mass is 303 g/mol. The number of hydrogen-bond acceptors (Lipinski definition) is 5. The van der Waals surface area contributed by atoms with Crippen LogP contribution in [-0.4, -0.2) is 38.0 Å². The standard InChI is InChI=1S/C14H17N5OS/c20-13(9-21-8-10-4-5-10)15-7-11-2-1-3-12(6-11)14-16-18-19-17-14/h1-3,6,10H,4-5,7-9H2,(H,15,20)(H,16,17,18,19). The van der Waals surface area contributed by atoms with Gasteiger partial charge < -0.3 is 5.32 Å². The highest BCUT2D eigenvalue weighted by Crippen LogP contribution is 2.32. The highest BCUT2D eigenvalue weighted by Gasteiger charge is 2.21. The van der Waals surface area contributed by atoms with Crippen LogP contribution >= 0.6 is 11.8 Å². The first-order valence-electron chi connectivity index (χ1n) is 6.98. The Kier molecular flexibility index (Phi) is 4.49. The molecule has 1 fully saturated rings. The van der Waals surface area contributed by atoms with E-state index in [-0.39, 0.29) is 5.91 Å². The van der Waals surface area contributed by atoms with Gasteiger partial charge in [-0.25, -0.2) is 0 Å². The van der Waals surface area contributed by atoms with Gasteiger partial charge in [-0.15, -0.1) is 10.2 Å². The molecule has 0 radical (unpaired) electrons. The van der Waals surface area contributed by atoms with Crippen molar-refractivity contribution in [2.24, 2.45) is 5.92 Å². The molecule has 1 heterocycles. The van der Waals surface area contributed by atoms with Crippen LogP contribution in [0.1, 0.15) is 18.4 Å². The average Bonchev–Trinajstić information content (AvgIpc) is 3.16. The fourth-order valence-electron chi connectivity index (χ4n) is 1.96. The van der Waals surface area contributed by atoms with Crippen LogP contribution in [0.4, 0.5) is 0 Å². The second-order valence-corrected chi connectivity index (χ2v) is 6.20. The Morgan fingerprint density at radius 1 is 1.43 bits per heavy atom. The van der Waals surface area contributed by atoms with Gasteiger partial charge in [0.1, 0.15) is 0 Å². The van der Waals surface area contributed by atoms with Gasteiger partial charge in [0.25, 0.3) is 0 Å². The van der Waals surface area contributed by atoms with Crippen molar-refractivity contribution in [2.75, 3.05) is 11.5 Å². The maximum absolute atomic E-state index is 11.8. The molecule has 0 spiro atoms. The molecule has 1 saturated carbocycles. The molecule has 7 heteroatoms. The number of aromatic nitrogens is 4. The lowest BCUT2D eigenvalue weighted by atomic mass is 10.1. The minimum absolute atomic E-state index is 0.0885. The summed E-state index contributed by atoms with van der Waals surface area (Å²) >= 11 is 1.72. The van der Waals surface area contributed by atoms with Gasteiger partial charge in [0.15, 0.2) is 0 Å². The first kappa shape index (κ1) is 14.1. The summed E-state index contributed by atoms with van der Waals surface area (Å²) in [6.45, 7) is 0.522. The third-order valence-electron chi connectivity index (χ3n) is 3.30. The number of nitrogens with one attached hydrogen (secondary N) is 2.